The van der Waals surface area contributed by atoms with Crippen LogP contribution in [0.2, 0.25) is 0 Å². The van der Waals surface area contributed by atoms with Crippen LogP contribution in [0.5, 0.6) is 0 Å². The Kier molecular flexibility index (Phi) is 5.39. The smallest absolute Gasteiger partial charge is 0.306 e. The molecule has 2 heteroatoms. The molecule has 0 radical (unpaired) electrons. The van der Waals surface area contributed by atoms with E-state index in [4.69, 9.17) is 4.74 Å². The average molecular weight is 248 g/mol. The summed E-state index contributed by atoms with van der Waals surface area (Å²) in [4.78, 5) is 11.4. The molecule has 1 aliphatic rings. The predicted octanol–water partition coefficient (Wildman–Crippen LogP) is 4.19. The fourth-order valence-corrected chi connectivity index (χ4v) is 2.35. The molecule has 0 spiro atoms. The van der Waals surface area contributed by atoms with Crippen LogP contribution in [0, 0.1) is 5.92 Å². The highest BCUT2D eigenvalue weighted by molar-refractivity contribution is 5.72. The number of allylic oxidation sites excluding steroid dienone is 3. The zero-order valence-corrected chi connectivity index (χ0v) is 11.8. The van der Waals surface area contributed by atoms with Gasteiger partial charge < -0.3 is 4.74 Å². The molecule has 0 aliphatic carbocycles. The van der Waals surface area contributed by atoms with Crippen LogP contribution >= 0.6 is 0 Å². The van der Waals surface area contributed by atoms with Gasteiger partial charge in [0.15, 0.2) is 0 Å². The molecule has 2 atom stereocenters. The number of ether oxygens (including phenoxy) is 1. The lowest BCUT2D eigenvalue weighted by atomic mass is 9.92. The first-order valence-corrected chi connectivity index (χ1v) is 6.52. The lowest BCUT2D eigenvalue weighted by Gasteiger charge is -2.16. The molecule has 1 heterocycles. The summed E-state index contributed by atoms with van der Waals surface area (Å²) in [5.74, 6) is 0.228. The van der Waals surface area contributed by atoms with E-state index < -0.39 is 0 Å². The molecule has 100 valence electrons. The van der Waals surface area contributed by atoms with E-state index in [1.54, 1.807) is 0 Å². The van der Waals surface area contributed by atoms with Gasteiger partial charge in [-0.05, 0) is 33.6 Å². The zero-order valence-electron chi connectivity index (χ0n) is 11.8. The summed E-state index contributed by atoms with van der Waals surface area (Å²) in [5, 5.41) is 0. The van der Waals surface area contributed by atoms with Crippen molar-refractivity contribution in [2.24, 2.45) is 5.92 Å². The standard InChI is InChI=1S/C16H24O2/c1-11(2)8-13(5)6-7-14-10-16(17)18-15(14)9-12(3)4/h6,14-15H,1,3,7-10H2,2,4-5H3/b13-6+/t14-,15+/m1/s1. The van der Waals surface area contributed by atoms with Crippen LogP contribution in [-0.2, 0) is 9.53 Å². The summed E-state index contributed by atoms with van der Waals surface area (Å²) in [6.07, 6.45) is 5.39. The Hall–Kier alpha value is -1.31. The van der Waals surface area contributed by atoms with Crippen molar-refractivity contribution in [2.45, 2.75) is 52.6 Å². The second-order valence-corrected chi connectivity index (χ2v) is 5.57. The second kappa shape index (κ2) is 6.58. The van der Waals surface area contributed by atoms with Crippen molar-refractivity contribution in [3.63, 3.8) is 0 Å². The van der Waals surface area contributed by atoms with Crippen LogP contribution in [-0.4, -0.2) is 12.1 Å². The van der Waals surface area contributed by atoms with Gasteiger partial charge in [-0.3, -0.25) is 4.79 Å². The van der Waals surface area contributed by atoms with Gasteiger partial charge >= 0.3 is 5.97 Å². The minimum absolute atomic E-state index is 0.0175. The van der Waals surface area contributed by atoms with E-state index in [1.165, 1.54) is 11.1 Å². The molecule has 1 fully saturated rings. The second-order valence-electron chi connectivity index (χ2n) is 5.57. The minimum Gasteiger partial charge on any atom is -0.462 e. The van der Waals surface area contributed by atoms with Crippen molar-refractivity contribution >= 4 is 5.97 Å². The average Bonchev–Trinajstić information content (AvgIpc) is 2.53. The molecule has 0 saturated carbocycles. The van der Waals surface area contributed by atoms with Crippen molar-refractivity contribution in [1.29, 1.82) is 0 Å². The summed E-state index contributed by atoms with van der Waals surface area (Å²) in [6, 6.07) is 0. The number of cyclic esters (lactones) is 1. The number of carbonyl (C=O) groups is 1. The van der Waals surface area contributed by atoms with E-state index in [0.717, 1.165) is 24.8 Å². The lowest BCUT2D eigenvalue weighted by molar-refractivity contribution is -0.141. The maximum absolute atomic E-state index is 11.4. The summed E-state index contributed by atoms with van der Waals surface area (Å²) >= 11 is 0. The largest absolute Gasteiger partial charge is 0.462 e. The fourth-order valence-electron chi connectivity index (χ4n) is 2.35. The Morgan fingerprint density at radius 1 is 1.33 bits per heavy atom. The molecule has 1 rings (SSSR count). The third kappa shape index (κ3) is 4.91. The first-order valence-electron chi connectivity index (χ1n) is 6.52. The molecule has 0 amide bonds. The molecule has 0 bridgehead atoms. The molecule has 0 unspecified atom stereocenters. The molecule has 0 aromatic carbocycles. The Labute approximate surface area is 110 Å². The third-order valence-corrected chi connectivity index (χ3v) is 3.14. The normalized spacial score (nSPS) is 23.9. The van der Waals surface area contributed by atoms with Gasteiger partial charge in [0, 0.05) is 12.3 Å². The molecular formula is C16H24O2. The van der Waals surface area contributed by atoms with Gasteiger partial charge in [-0.2, -0.15) is 0 Å². The first-order chi connectivity index (χ1) is 8.38. The topological polar surface area (TPSA) is 26.3 Å². The fraction of sp³-hybridized carbons (Fsp3) is 0.562. The van der Waals surface area contributed by atoms with E-state index in [9.17, 15) is 4.79 Å². The first kappa shape index (κ1) is 14.7. The Morgan fingerprint density at radius 3 is 2.56 bits per heavy atom. The van der Waals surface area contributed by atoms with Crippen LogP contribution in [0.1, 0.15) is 46.5 Å². The quantitative estimate of drug-likeness (QED) is 0.520. The molecule has 0 aromatic heterocycles. The van der Waals surface area contributed by atoms with Gasteiger partial charge in [-0.1, -0.05) is 29.4 Å². The van der Waals surface area contributed by atoms with Crippen molar-refractivity contribution < 1.29 is 9.53 Å². The van der Waals surface area contributed by atoms with E-state index >= 15 is 0 Å². The third-order valence-electron chi connectivity index (χ3n) is 3.14. The van der Waals surface area contributed by atoms with Crippen LogP contribution in [0.3, 0.4) is 0 Å². The summed E-state index contributed by atoms with van der Waals surface area (Å²) in [7, 11) is 0. The lowest BCUT2D eigenvalue weighted by Crippen LogP contribution is -2.15. The highest BCUT2D eigenvalue weighted by Gasteiger charge is 2.33. The molecule has 18 heavy (non-hydrogen) atoms. The van der Waals surface area contributed by atoms with E-state index in [-0.39, 0.29) is 12.1 Å². The van der Waals surface area contributed by atoms with Gasteiger partial charge in [0.05, 0.1) is 6.42 Å². The predicted molar refractivity (Wildman–Crippen MR) is 75.2 cm³/mol. The SMILES string of the molecule is C=C(C)C/C(C)=C/C[C@@H]1CC(=O)O[C@H]1CC(=C)C. The highest BCUT2D eigenvalue weighted by atomic mass is 16.5. The highest BCUT2D eigenvalue weighted by Crippen LogP contribution is 2.30. The minimum atomic E-state index is -0.0720. The van der Waals surface area contributed by atoms with Crippen LogP contribution in [0.25, 0.3) is 0 Å². The number of carbonyl (C=O) groups excluding carboxylic acids is 1. The van der Waals surface area contributed by atoms with Gasteiger partial charge in [-0.25, -0.2) is 0 Å². The number of hydrogen-bond donors (Lipinski definition) is 0. The van der Waals surface area contributed by atoms with E-state index in [0.29, 0.717) is 12.3 Å². The Balaban J connectivity index is 2.56. The molecule has 0 N–H and O–H groups in total. The van der Waals surface area contributed by atoms with Gasteiger partial charge in [-0.15, -0.1) is 6.58 Å². The van der Waals surface area contributed by atoms with Crippen molar-refractivity contribution in [3.05, 3.63) is 36.0 Å². The molecule has 0 aromatic rings. The monoisotopic (exact) mass is 248 g/mol. The Morgan fingerprint density at radius 2 is 2.00 bits per heavy atom. The van der Waals surface area contributed by atoms with Gasteiger partial charge in [0.1, 0.15) is 6.10 Å². The molecule has 1 saturated heterocycles. The molecule has 2 nitrogen and oxygen atoms in total. The Bertz CT molecular complexity index is 377. The van der Waals surface area contributed by atoms with Gasteiger partial charge in [0.2, 0.25) is 0 Å². The number of hydrogen-bond acceptors (Lipinski definition) is 2. The zero-order chi connectivity index (χ0) is 13.7. The van der Waals surface area contributed by atoms with Crippen LogP contribution in [0.15, 0.2) is 36.0 Å². The maximum Gasteiger partial charge on any atom is 0.306 e. The van der Waals surface area contributed by atoms with E-state index in [2.05, 4.69) is 26.2 Å². The van der Waals surface area contributed by atoms with Gasteiger partial charge in [0.25, 0.3) is 0 Å². The maximum atomic E-state index is 11.4. The molecular weight excluding hydrogens is 224 g/mol. The van der Waals surface area contributed by atoms with Crippen molar-refractivity contribution in [3.8, 4) is 0 Å². The van der Waals surface area contributed by atoms with Crippen molar-refractivity contribution in [2.75, 3.05) is 0 Å². The van der Waals surface area contributed by atoms with Crippen LogP contribution in [0.4, 0.5) is 0 Å². The number of esters is 1. The number of rotatable bonds is 6. The van der Waals surface area contributed by atoms with Crippen LogP contribution < -0.4 is 0 Å². The summed E-state index contributed by atoms with van der Waals surface area (Å²) in [5.41, 5.74) is 3.55. The van der Waals surface area contributed by atoms with E-state index in [1.807, 2.05) is 13.8 Å². The van der Waals surface area contributed by atoms with Crippen molar-refractivity contribution in [1.82, 2.24) is 0 Å². The molecule has 1 aliphatic heterocycles. The summed E-state index contributed by atoms with van der Waals surface area (Å²) < 4.78 is 5.35. The summed E-state index contributed by atoms with van der Waals surface area (Å²) in [6.45, 7) is 13.9.